The number of nitriles is 1. The third-order valence-corrected chi connectivity index (χ3v) is 4.67. The Hall–Kier alpha value is -1.73. The number of benzene rings is 1. The molecule has 0 saturated carbocycles. The molecule has 2 atom stereocenters. The van der Waals surface area contributed by atoms with E-state index in [0.717, 1.165) is 25.7 Å². The molecule has 3 rings (SSSR count). The molecule has 2 unspecified atom stereocenters. The number of halogens is 1. The molecule has 21 heavy (non-hydrogen) atoms. The van der Waals surface area contributed by atoms with E-state index in [2.05, 4.69) is 5.32 Å². The van der Waals surface area contributed by atoms with Crippen LogP contribution >= 0.6 is 0 Å². The van der Waals surface area contributed by atoms with Crippen LogP contribution in [-0.4, -0.2) is 17.9 Å². The normalized spacial score (nSPS) is 27.9. The quantitative estimate of drug-likeness (QED) is 0.869. The number of piperidine rings is 2. The molecule has 2 bridgehead atoms. The Labute approximate surface area is 124 Å². The van der Waals surface area contributed by atoms with Crippen LogP contribution in [0.1, 0.15) is 48.0 Å². The summed E-state index contributed by atoms with van der Waals surface area (Å²) >= 11 is 0. The zero-order chi connectivity index (χ0) is 14.8. The van der Waals surface area contributed by atoms with E-state index >= 15 is 0 Å². The Kier molecular flexibility index (Phi) is 4.03. The van der Waals surface area contributed by atoms with Gasteiger partial charge < -0.3 is 5.32 Å². The van der Waals surface area contributed by atoms with E-state index in [4.69, 9.17) is 5.26 Å². The fourth-order valence-electron chi connectivity index (χ4n) is 3.66. The second-order valence-electron chi connectivity index (χ2n) is 6.17. The maximum absolute atomic E-state index is 14.1. The van der Waals surface area contributed by atoms with Crippen molar-refractivity contribution < 1.29 is 9.18 Å². The fraction of sp³-hybridized carbons (Fsp3) is 0.529. The zero-order valence-corrected chi connectivity index (χ0v) is 11.9. The first-order chi connectivity index (χ1) is 10.2. The fourth-order valence-corrected chi connectivity index (χ4v) is 3.66. The summed E-state index contributed by atoms with van der Waals surface area (Å²) in [6.45, 7) is 0. The van der Waals surface area contributed by atoms with Crippen LogP contribution in [0, 0.1) is 23.1 Å². The standard InChI is InChI=1S/C17H19FN2O/c18-16-8-11(6-7-19)4-5-15(16)17(21)12-9-13-2-1-3-14(10-12)20-13/h4-5,8,12-14,20H,1-3,6,9-10H2. The summed E-state index contributed by atoms with van der Waals surface area (Å²) in [6.07, 6.45) is 5.25. The van der Waals surface area contributed by atoms with Crippen LogP contribution in [0.4, 0.5) is 4.39 Å². The van der Waals surface area contributed by atoms with Gasteiger partial charge in [-0.1, -0.05) is 12.5 Å². The van der Waals surface area contributed by atoms with Crippen molar-refractivity contribution in [2.24, 2.45) is 5.92 Å². The van der Waals surface area contributed by atoms with E-state index < -0.39 is 5.82 Å². The number of nitrogens with zero attached hydrogens (tertiary/aromatic N) is 1. The topological polar surface area (TPSA) is 52.9 Å². The van der Waals surface area contributed by atoms with Gasteiger partial charge in [-0.15, -0.1) is 0 Å². The van der Waals surface area contributed by atoms with Crippen LogP contribution in [0.3, 0.4) is 0 Å². The van der Waals surface area contributed by atoms with Crippen molar-refractivity contribution in [3.05, 3.63) is 35.1 Å². The average molecular weight is 286 g/mol. The number of carbonyl (C=O) groups is 1. The van der Waals surface area contributed by atoms with Crippen molar-refractivity contribution in [2.75, 3.05) is 0 Å². The van der Waals surface area contributed by atoms with Gasteiger partial charge in [-0.05, 0) is 43.4 Å². The van der Waals surface area contributed by atoms with Crippen molar-refractivity contribution in [1.82, 2.24) is 5.32 Å². The minimum Gasteiger partial charge on any atom is -0.311 e. The van der Waals surface area contributed by atoms with Gasteiger partial charge in [0.25, 0.3) is 0 Å². The van der Waals surface area contributed by atoms with Crippen molar-refractivity contribution in [3.8, 4) is 6.07 Å². The second-order valence-corrected chi connectivity index (χ2v) is 6.17. The second kappa shape index (κ2) is 5.95. The van der Waals surface area contributed by atoms with Gasteiger partial charge in [0.05, 0.1) is 18.1 Å². The van der Waals surface area contributed by atoms with Gasteiger partial charge >= 0.3 is 0 Å². The van der Waals surface area contributed by atoms with Gasteiger partial charge in [0.2, 0.25) is 0 Å². The third-order valence-electron chi connectivity index (χ3n) is 4.67. The van der Waals surface area contributed by atoms with E-state index in [1.54, 1.807) is 12.1 Å². The molecule has 2 aliphatic heterocycles. The predicted molar refractivity (Wildman–Crippen MR) is 77.3 cm³/mol. The Balaban J connectivity index is 1.77. The molecule has 4 heteroatoms. The number of fused-ring (bicyclic) bond motifs is 2. The predicted octanol–water partition coefficient (Wildman–Crippen LogP) is 3.00. The number of hydrogen-bond acceptors (Lipinski definition) is 3. The molecule has 1 aromatic carbocycles. The lowest BCUT2D eigenvalue weighted by atomic mass is 9.77. The molecule has 1 aromatic rings. The van der Waals surface area contributed by atoms with Gasteiger partial charge in [-0.25, -0.2) is 4.39 Å². The summed E-state index contributed by atoms with van der Waals surface area (Å²) in [6, 6.07) is 7.35. The molecular formula is C17H19FN2O. The Bertz CT molecular complexity index is 581. The van der Waals surface area contributed by atoms with Gasteiger partial charge in [0.1, 0.15) is 5.82 Å². The highest BCUT2D eigenvalue weighted by Crippen LogP contribution is 2.32. The number of carbonyl (C=O) groups excluding carboxylic acids is 1. The molecule has 110 valence electrons. The van der Waals surface area contributed by atoms with Crippen LogP contribution < -0.4 is 5.32 Å². The van der Waals surface area contributed by atoms with Crippen LogP contribution in [0.25, 0.3) is 0 Å². The molecule has 2 saturated heterocycles. The van der Waals surface area contributed by atoms with E-state index in [9.17, 15) is 9.18 Å². The van der Waals surface area contributed by atoms with Crippen molar-refractivity contribution >= 4 is 5.78 Å². The molecule has 2 heterocycles. The van der Waals surface area contributed by atoms with Crippen molar-refractivity contribution in [3.63, 3.8) is 0 Å². The summed E-state index contributed by atoms with van der Waals surface area (Å²) in [7, 11) is 0. The van der Waals surface area contributed by atoms with Gasteiger partial charge in [0.15, 0.2) is 5.78 Å². The van der Waals surface area contributed by atoms with Crippen molar-refractivity contribution in [2.45, 2.75) is 50.6 Å². The molecule has 0 radical (unpaired) electrons. The number of nitrogens with one attached hydrogen (secondary N) is 1. The minimum atomic E-state index is -0.489. The minimum absolute atomic E-state index is 0.0714. The van der Waals surface area contributed by atoms with Crippen LogP contribution in [0.15, 0.2) is 18.2 Å². The summed E-state index contributed by atoms with van der Waals surface area (Å²) in [5.74, 6) is -0.635. The smallest absolute Gasteiger partial charge is 0.169 e. The first-order valence-corrected chi connectivity index (χ1v) is 7.63. The SMILES string of the molecule is N#CCc1ccc(C(=O)C2CC3CCCC(C2)N3)c(F)c1. The highest BCUT2D eigenvalue weighted by molar-refractivity contribution is 5.98. The Morgan fingerprint density at radius 1 is 1.33 bits per heavy atom. The summed E-state index contributed by atoms with van der Waals surface area (Å²) in [5.41, 5.74) is 0.801. The number of rotatable bonds is 3. The van der Waals surface area contributed by atoms with Gasteiger partial charge in [0, 0.05) is 18.0 Å². The molecule has 0 spiro atoms. The van der Waals surface area contributed by atoms with Crippen LogP contribution in [0.2, 0.25) is 0 Å². The van der Waals surface area contributed by atoms with Crippen LogP contribution in [-0.2, 0) is 6.42 Å². The van der Waals surface area contributed by atoms with E-state index in [-0.39, 0.29) is 23.7 Å². The van der Waals surface area contributed by atoms with Crippen molar-refractivity contribution in [1.29, 1.82) is 5.26 Å². The third kappa shape index (κ3) is 2.98. The number of ketones is 1. The van der Waals surface area contributed by atoms with E-state index in [0.29, 0.717) is 17.6 Å². The van der Waals surface area contributed by atoms with Gasteiger partial charge in [-0.3, -0.25) is 4.79 Å². The molecule has 2 aliphatic rings. The molecule has 3 nitrogen and oxygen atoms in total. The first kappa shape index (κ1) is 14.2. The number of hydrogen-bond donors (Lipinski definition) is 1. The number of Topliss-reactive ketones (excluding diaryl/α,β-unsaturated/α-hetero) is 1. The maximum Gasteiger partial charge on any atom is 0.169 e. The molecular weight excluding hydrogens is 267 g/mol. The lowest BCUT2D eigenvalue weighted by molar-refractivity contribution is 0.0821. The summed E-state index contributed by atoms with van der Waals surface area (Å²) in [5, 5.41) is 12.2. The highest BCUT2D eigenvalue weighted by Gasteiger charge is 2.35. The zero-order valence-electron chi connectivity index (χ0n) is 11.9. The molecule has 1 N–H and O–H groups in total. The Morgan fingerprint density at radius 3 is 2.67 bits per heavy atom. The summed E-state index contributed by atoms with van der Waals surface area (Å²) in [4.78, 5) is 12.6. The van der Waals surface area contributed by atoms with Gasteiger partial charge in [-0.2, -0.15) is 5.26 Å². The monoisotopic (exact) mass is 286 g/mol. The van der Waals surface area contributed by atoms with E-state index in [1.165, 1.54) is 12.5 Å². The average Bonchev–Trinajstić information content (AvgIpc) is 2.46. The highest BCUT2D eigenvalue weighted by atomic mass is 19.1. The van der Waals surface area contributed by atoms with Crippen LogP contribution in [0.5, 0.6) is 0 Å². The molecule has 0 aromatic heterocycles. The molecule has 0 aliphatic carbocycles. The lowest BCUT2D eigenvalue weighted by Gasteiger charge is -2.39. The first-order valence-electron chi connectivity index (χ1n) is 7.63. The largest absolute Gasteiger partial charge is 0.311 e. The van der Waals surface area contributed by atoms with E-state index in [1.807, 2.05) is 6.07 Å². The summed E-state index contributed by atoms with van der Waals surface area (Å²) < 4.78 is 14.1. The maximum atomic E-state index is 14.1. The lowest BCUT2D eigenvalue weighted by Crippen LogP contribution is -2.50. The Morgan fingerprint density at radius 2 is 2.05 bits per heavy atom. The molecule has 0 amide bonds. The molecule has 2 fully saturated rings.